The van der Waals surface area contributed by atoms with Gasteiger partial charge in [0, 0.05) is 25.0 Å². The number of aromatic nitrogens is 2. The molecule has 1 N–H and O–H groups in total. The summed E-state index contributed by atoms with van der Waals surface area (Å²) >= 11 is 0. The van der Waals surface area contributed by atoms with Crippen LogP contribution in [0.15, 0.2) is 12.4 Å². The Labute approximate surface area is 111 Å². The molecule has 3 nitrogen and oxygen atoms in total. The van der Waals surface area contributed by atoms with Crippen LogP contribution in [0.3, 0.4) is 0 Å². The molecule has 1 aliphatic rings. The van der Waals surface area contributed by atoms with E-state index in [0.717, 1.165) is 13.1 Å². The minimum absolute atomic E-state index is 0.554. The Bertz CT molecular complexity index is 358. The molecule has 1 aliphatic carbocycles. The van der Waals surface area contributed by atoms with E-state index in [1.165, 1.54) is 37.9 Å². The number of hydrogen-bond donors (Lipinski definition) is 1. The molecular formula is C15H27N3. The molecule has 1 aromatic rings. The molecule has 0 bridgehead atoms. The fraction of sp³-hybridized carbons (Fsp3) is 0.800. The summed E-state index contributed by atoms with van der Waals surface area (Å²) in [5, 5.41) is 3.68. The van der Waals surface area contributed by atoms with E-state index in [2.05, 4.69) is 41.8 Å². The van der Waals surface area contributed by atoms with Gasteiger partial charge in [0.25, 0.3) is 0 Å². The van der Waals surface area contributed by atoms with Crippen molar-refractivity contribution in [2.24, 2.45) is 5.41 Å². The summed E-state index contributed by atoms with van der Waals surface area (Å²) < 4.78 is 2.26. The molecule has 2 rings (SSSR count). The Balaban J connectivity index is 1.79. The molecule has 1 heterocycles. The van der Waals surface area contributed by atoms with Crippen molar-refractivity contribution in [2.75, 3.05) is 0 Å². The number of rotatable bonds is 5. The van der Waals surface area contributed by atoms with Gasteiger partial charge in [-0.3, -0.25) is 0 Å². The topological polar surface area (TPSA) is 29.9 Å². The molecule has 0 atom stereocenters. The summed E-state index contributed by atoms with van der Waals surface area (Å²) in [5.41, 5.74) is 0.554. The van der Waals surface area contributed by atoms with Gasteiger partial charge in [-0.25, -0.2) is 4.98 Å². The Hall–Kier alpha value is -0.830. The number of aryl methyl sites for hydroxylation is 1. The van der Waals surface area contributed by atoms with Gasteiger partial charge in [-0.15, -0.1) is 0 Å². The third kappa shape index (κ3) is 3.58. The highest BCUT2D eigenvalue weighted by Gasteiger charge is 2.26. The maximum absolute atomic E-state index is 4.45. The lowest BCUT2D eigenvalue weighted by Crippen LogP contribution is -2.35. The lowest BCUT2D eigenvalue weighted by molar-refractivity contribution is 0.205. The van der Waals surface area contributed by atoms with Crippen molar-refractivity contribution >= 4 is 0 Å². The van der Waals surface area contributed by atoms with E-state index in [1.54, 1.807) is 0 Å². The molecule has 102 valence electrons. The van der Waals surface area contributed by atoms with Crippen molar-refractivity contribution in [3.8, 4) is 0 Å². The minimum Gasteiger partial charge on any atom is -0.334 e. The highest BCUT2D eigenvalue weighted by molar-refractivity contribution is 4.93. The van der Waals surface area contributed by atoms with Gasteiger partial charge in [-0.05, 0) is 37.5 Å². The molecule has 0 radical (unpaired) electrons. The fourth-order valence-electron chi connectivity index (χ4n) is 2.79. The average molecular weight is 249 g/mol. The molecule has 0 amide bonds. The zero-order valence-corrected chi connectivity index (χ0v) is 12.1. The fourth-order valence-corrected chi connectivity index (χ4v) is 2.79. The molecule has 18 heavy (non-hydrogen) atoms. The van der Waals surface area contributed by atoms with Gasteiger partial charge >= 0.3 is 0 Å². The van der Waals surface area contributed by atoms with Gasteiger partial charge in [0.05, 0.1) is 6.54 Å². The van der Waals surface area contributed by atoms with E-state index in [0.29, 0.717) is 11.5 Å². The number of hydrogen-bond acceptors (Lipinski definition) is 2. The van der Waals surface area contributed by atoms with E-state index in [4.69, 9.17) is 0 Å². The molecule has 0 aromatic carbocycles. The standard InChI is InChI=1S/C15H27N3/c1-4-10-18-11-9-16-14(18)12-17-13-5-7-15(2,3)8-6-13/h9,11,13,17H,4-8,10,12H2,1-3H3. The van der Waals surface area contributed by atoms with Gasteiger partial charge in [0.1, 0.15) is 5.82 Å². The minimum atomic E-state index is 0.554. The summed E-state index contributed by atoms with van der Waals surface area (Å²) in [6.45, 7) is 8.97. The smallest absolute Gasteiger partial charge is 0.122 e. The lowest BCUT2D eigenvalue weighted by atomic mass is 9.75. The van der Waals surface area contributed by atoms with Gasteiger partial charge < -0.3 is 9.88 Å². The predicted octanol–water partition coefficient (Wildman–Crippen LogP) is 3.35. The summed E-state index contributed by atoms with van der Waals surface area (Å²) in [5.74, 6) is 1.18. The van der Waals surface area contributed by atoms with Crippen molar-refractivity contribution < 1.29 is 0 Å². The first kappa shape index (κ1) is 13.6. The zero-order chi connectivity index (χ0) is 13.0. The van der Waals surface area contributed by atoms with Gasteiger partial charge in [0.15, 0.2) is 0 Å². The Morgan fingerprint density at radius 2 is 2.11 bits per heavy atom. The molecule has 0 saturated heterocycles. The van der Waals surface area contributed by atoms with Crippen LogP contribution in [0.4, 0.5) is 0 Å². The van der Waals surface area contributed by atoms with Crippen LogP contribution in [-0.4, -0.2) is 15.6 Å². The maximum atomic E-state index is 4.45. The second-order valence-corrected chi connectivity index (χ2v) is 6.36. The van der Waals surface area contributed by atoms with E-state index in [9.17, 15) is 0 Å². The van der Waals surface area contributed by atoms with Crippen LogP contribution in [0.5, 0.6) is 0 Å². The molecular weight excluding hydrogens is 222 g/mol. The van der Waals surface area contributed by atoms with Gasteiger partial charge in [-0.1, -0.05) is 20.8 Å². The van der Waals surface area contributed by atoms with Crippen molar-refractivity contribution in [1.29, 1.82) is 0 Å². The van der Waals surface area contributed by atoms with Gasteiger partial charge in [0.2, 0.25) is 0 Å². The number of nitrogens with one attached hydrogen (secondary N) is 1. The SMILES string of the molecule is CCCn1ccnc1CNC1CCC(C)(C)CC1. The van der Waals surface area contributed by atoms with Crippen LogP contribution in [0.2, 0.25) is 0 Å². The molecule has 3 heteroatoms. The molecule has 0 aliphatic heterocycles. The lowest BCUT2D eigenvalue weighted by Gasteiger charge is -2.34. The zero-order valence-electron chi connectivity index (χ0n) is 12.1. The van der Waals surface area contributed by atoms with Crippen molar-refractivity contribution in [2.45, 2.75) is 72.0 Å². The highest BCUT2D eigenvalue weighted by Crippen LogP contribution is 2.34. The Kier molecular flexibility index (Phi) is 4.44. The van der Waals surface area contributed by atoms with Crippen LogP contribution >= 0.6 is 0 Å². The molecule has 1 saturated carbocycles. The number of nitrogens with zero attached hydrogens (tertiary/aromatic N) is 2. The summed E-state index contributed by atoms with van der Waals surface area (Å²) in [7, 11) is 0. The van der Waals surface area contributed by atoms with E-state index in [-0.39, 0.29) is 0 Å². The van der Waals surface area contributed by atoms with Crippen LogP contribution in [-0.2, 0) is 13.1 Å². The summed E-state index contributed by atoms with van der Waals surface area (Å²) in [4.78, 5) is 4.45. The van der Waals surface area contributed by atoms with Crippen LogP contribution < -0.4 is 5.32 Å². The second kappa shape index (κ2) is 5.87. The quantitative estimate of drug-likeness (QED) is 0.867. The molecule has 0 unspecified atom stereocenters. The Morgan fingerprint density at radius 1 is 1.39 bits per heavy atom. The largest absolute Gasteiger partial charge is 0.334 e. The Morgan fingerprint density at radius 3 is 2.78 bits per heavy atom. The van der Waals surface area contributed by atoms with Crippen molar-refractivity contribution in [3.63, 3.8) is 0 Å². The van der Waals surface area contributed by atoms with E-state index in [1.807, 2.05) is 6.20 Å². The number of imidazole rings is 1. The molecule has 1 fully saturated rings. The van der Waals surface area contributed by atoms with E-state index < -0.39 is 0 Å². The third-order valence-electron chi connectivity index (χ3n) is 4.15. The first-order valence-corrected chi connectivity index (χ1v) is 7.34. The predicted molar refractivity (Wildman–Crippen MR) is 75.4 cm³/mol. The van der Waals surface area contributed by atoms with Crippen LogP contribution in [0.1, 0.15) is 58.7 Å². The highest BCUT2D eigenvalue weighted by atomic mass is 15.1. The van der Waals surface area contributed by atoms with E-state index >= 15 is 0 Å². The maximum Gasteiger partial charge on any atom is 0.122 e. The van der Waals surface area contributed by atoms with Gasteiger partial charge in [-0.2, -0.15) is 0 Å². The molecule has 1 aromatic heterocycles. The normalized spacial score (nSPS) is 20.2. The van der Waals surface area contributed by atoms with Crippen molar-refractivity contribution in [3.05, 3.63) is 18.2 Å². The first-order valence-electron chi connectivity index (χ1n) is 7.34. The summed E-state index contributed by atoms with van der Waals surface area (Å²) in [6, 6.07) is 0.685. The summed E-state index contributed by atoms with van der Waals surface area (Å²) in [6.07, 6.45) is 10.5. The second-order valence-electron chi connectivity index (χ2n) is 6.36. The first-order chi connectivity index (χ1) is 8.61. The van der Waals surface area contributed by atoms with Crippen LogP contribution in [0.25, 0.3) is 0 Å². The average Bonchev–Trinajstić information content (AvgIpc) is 2.76. The van der Waals surface area contributed by atoms with Crippen LogP contribution in [0, 0.1) is 5.41 Å². The monoisotopic (exact) mass is 249 g/mol. The molecule has 0 spiro atoms. The van der Waals surface area contributed by atoms with Crippen molar-refractivity contribution in [1.82, 2.24) is 14.9 Å². The third-order valence-corrected chi connectivity index (χ3v) is 4.15.